The maximum absolute atomic E-state index is 11.9. The van der Waals surface area contributed by atoms with E-state index in [1.807, 2.05) is 48.5 Å². The number of nitrogens with one attached hydrogen (secondary N) is 2. The molecule has 0 unspecified atom stereocenters. The lowest BCUT2D eigenvalue weighted by Crippen LogP contribution is -2.36. The largest absolute Gasteiger partial charge is 0.508 e. The summed E-state index contributed by atoms with van der Waals surface area (Å²) in [5.41, 5.74) is 3.75. The van der Waals surface area contributed by atoms with Gasteiger partial charge >= 0.3 is 6.09 Å². The van der Waals surface area contributed by atoms with Crippen LogP contribution in [0.25, 0.3) is 11.1 Å². The number of amides is 1. The first-order valence-corrected chi connectivity index (χ1v) is 9.91. The number of nitrogens with zero attached hydrogens (tertiary/aromatic N) is 1. The number of ether oxygens (including phenoxy) is 1. The first-order chi connectivity index (χ1) is 15.0. The van der Waals surface area contributed by atoms with Gasteiger partial charge in [0.25, 0.3) is 0 Å². The Morgan fingerprint density at radius 2 is 1.61 bits per heavy atom. The van der Waals surface area contributed by atoms with Crippen LogP contribution in [0.1, 0.15) is 5.56 Å². The van der Waals surface area contributed by atoms with Crippen molar-refractivity contribution in [2.45, 2.75) is 6.54 Å². The molecule has 0 heterocycles. The molecule has 0 saturated carbocycles. The molecule has 1 amide bonds. The summed E-state index contributed by atoms with van der Waals surface area (Å²) >= 11 is 5.95. The Balaban J connectivity index is 1.72. The van der Waals surface area contributed by atoms with E-state index in [9.17, 15) is 9.90 Å². The number of halogens is 1. The highest BCUT2D eigenvalue weighted by atomic mass is 35.5. The minimum atomic E-state index is -0.650. The Kier molecular flexibility index (Phi) is 7.67. The number of carbonyl (C=O) groups excluding carboxylic acids is 1. The second-order valence-corrected chi connectivity index (χ2v) is 6.99. The molecule has 3 aromatic rings. The lowest BCUT2D eigenvalue weighted by Gasteiger charge is -2.12. The van der Waals surface area contributed by atoms with Gasteiger partial charge in [-0.05, 0) is 53.1 Å². The minimum absolute atomic E-state index is 0.0878. The van der Waals surface area contributed by atoms with E-state index in [1.54, 1.807) is 12.1 Å². The van der Waals surface area contributed by atoms with Crippen molar-refractivity contribution >= 4 is 29.3 Å². The van der Waals surface area contributed by atoms with Crippen molar-refractivity contribution in [3.8, 4) is 16.9 Å². The monoisotopic (exact) mass is 435 g/mol. The van der Waals surface area contributed by atoms with Crippen LogP contribution in [-0.4, -0.2) is 23.8 Å². The van der Waals surface area contributed by atoms with Gasteiger partial charge in [0, 0.05) is 10.7 Å². The van der Waals surface area contributed by atoms with Gasteiger partial charge in [0.15, 0.2) is 0 Å². The van der Waals surface area contributed by atoms with Crippen molar-refractivity contribution in [3.05, 3.63) is 96.0 Å². The fourth-order valence-electron chi connectivity index (χ4n) is 2.67. The smallest absolute Gasteiger partial charge is 0.414 e. The normalized spacial score (nSPS) is 10.9. The molecule has 0 bridgehead atoms. The molecule has 0 spiro atoms. The Bertz CT molecular complexity index is 1050. The number of hydrogen-bond acceptors (Lipinski definition) is 4. The van der Waals surface area contributed by atoms with Gasteiger partial charge in [-0.3, -0.25) is 5.32 Å². The molecule has 0 atom stereocenters. The van der Waals surface area contributed by atoms with Crippen molar-refractivity contribution in [2.24, 2.45) is 4.99 Å². The highest BCUT2D eigenvalue weighted by Gasteiger charge is 2.08. The Morgan fingerprint density at radius 1 is 1.00 bits per heavy atom. The number of guanidine groups is 1. The molecular weight excluding hydrogens is 414 g/mol. The highest BCUT2D eigenvalue weighted by molar-refractivity contribution is 6.30. The van der Waals surface area contributed by atoms with Crippen LogP contribution in [0.4, 0.5) is 10.5 Å². The molecule has 0 fully saturated rings. The van der Waals surface area contributed by atoms with Crippen molar-refractivity contribution < 1.29 is 14.6 Å². The second kappa shape index (κ2) is 10.8. The summed E-state index contributed by atoms with van der Waals surface area (Å²) in [5.74, 6) is 0.365. The fraction of sp³-hybridized carbons (Fsp3) is 0.0833. The summed E-state index contributed by atoms with van der Waals surface area (Å²) < 4.78 is 4.97. The minimum Gasteiger partial charge on any atom is -0.508 e. The van der Waals surface area contributed by atoms with Crippen molar-refractivity contribution in [3.63, 3.8) is 0 Å². The molecule has 0 saturated heterocycles. The van der Waals surface area contributed by atoms with E-state index >= 15 is 0 Å². The van der Waals surface area contributed by atoms with Gasteiger partial charge in [-0.1, -0.05) is 60.7 Å². The number of alkyl carbamates (subject to hydrolysis) is 1. The van der Waals surface area contributed by atoms with E-state index < -0.39 is 6.09 Å². The number of carbonyl (C=O) groups is 1. The standard InChI is InChI=1S/C24H22ClN3O3/c1-2-15-31-24(30)28-23(27-21-11-13-22(29)14-12-21)26-16-17-3-5-18(6-4-17)19-7-9-20(25)10-8-19/h2-14,29H,1,15-16H2,(H2,26,27,28,30). The van der Waals surface area contributed by atoms with E-state index in [4.69, 9.17) is 16.3 Å². The molecule has 3 N–H and O–H groups in total. The van der Waals surface area contributed by atoms with E-state index in [0.717, 1.165) is 16.7 Å². The lowest BCUT2D eigenvalue weighted by atomic mass is 10.0. The Hall–Kier alpha value is -3.77. The number of anilines is 1. The second-order valence-electron chi connectivity index (χ2n) is 6.55. The zero-order chi connectivity index (χ0) is 22.1. The van der Waals surface area contributed by atoms with Crippen LogP contribution >= 0.6 is 11.6 Å². The average molecular weight is 436 g/mol. The zero-order valence-corrected chi connectivity index (χ0v) is 17.5. The number of phenols is 1. The summed E-state index contributed by atoms with van der Waals surface area (Å²) in [7, 11) is 0. The van der Waals surface area contributed by atoms with Gasteiger partial charge in [0.05, 0.1) is 6.54 Å². The Morgan fingerprint density at radius 3 is 2.23 bits per heavy atom. The predicted octanol–water partition coefficient (Wildman–Crippen LogP) is 5.59. The summed E-state index contributed by atoms with van der Waals surface area (Å²) in [6.45, 7) is 3.94. The third kappa shape index (κ3) is 6.90. The number of hydrogen-bond donors (Lipinski definition) is 3. The van der Waals surface area contributed by atoms with E-state index in [1.165, 1.54) is 18.2 Å². The number of aliphatic imine (C=N–C) groups is 1. The van der Waals surface area contributed by atoms with Crippen LogP contribution in [0, 0.1) is 0 Å². The van der Waals surface area contributed by atoms with Crippen molar-refractivity contribution in [2.75, 3.05) is 11.9 Å². The maximum Gasteiger partial charge on any atom is 0.414 e. The number of rotatable bonds is 6. The molecule has 6 nitrogen and oxygen atoms in total. The fourth-order valence-corrected chi connectivity index (χ4v) is 2.80. The number of benzene rings is 3. The topological polar surface area (TPSA) is 83.0 Å². The first-order valence-electron chi connectivity index (χ1n) is 9.53. The first kappa shape index (κ1) is 21.9. The molecule has 0 aromatic heterocycles. The molecule has 7 heteroatoms. The van der Waals surface area contributed by atoms with Gasteiger partial charge in [-0.15, -0.1) is 0 Å². The van der Waals surface area contributed by atoms with Crippen LogP contribution in [0.5, 0.6) is 5.75 Å². The zero-order valence-electron chi connectivity index (χ0n) is 16.7. The van der Waals surface area contributed by atoms with Crippen LogP contribution < -0.4 is 10.6 Å². The third-order valence-corrected chi connectivity index (χ3v) is 4.49. The summed E-state index contributed by atoms with van der Waals surface area (Å²) in [4.78, 5) is 16.4. The maximum atomic E-state index is 11.9. The van der Waals surface area contributed by atoms with Gasteiger partial charge in [0.2, 0.25) is 5.96 Å². The average Bonchev–Trinajstić information content (AvgIpc) is 2.78. The van der Waals surface area contributed by atoms with Gasteiger partial charge < -0.3 is 15.2 Å². The van der Waals surface area contributed by atoms with Gasteiger partial charge in [-0.2, -0.15) is 0 Å². The van der Waals surface area contributed by atoms with Crippen LogP contribution in [0.3, 0.4) is 0 Å². The number of aromatic hydroxyl groups is 1. The summed E-state index contributed by atoms with van der Waals surface area (Å²) in [6.07, 6.45) is 0.828. The molecule has 0 aliphatic heterocycles. The number of phenolic OH excluding ortho intramolecular Hbond substituents is 1. The van der Waals surface area contributed by atoms with E-state index in [0.29, 0.717) is 17.3 Å². The third-order valence-electron chi connectivity index (χ3n) is 4.23. The van der Waals surface area contributed by atoms with E-state index in [2.05, 4.69) is 22.2 Å². The van der Waals surface area contributed by atoms with Crippen LogP contribution in [-0.2, 0) is 11.3 Å². The molecule has 0 aliphatic carbocycles. The van der Waals surface area contributed by atoms with Gasteiger partial charge in [-0.25, -0.2) is 9.79 Å². The van der Waals surface area contributed by atoms with Crippen LogP contribution in [0.15, 0.2) is 90.4 Å². The molecule has 158 valence electrons. The summed E-state index contributed by atoms with van der Waals surface area (Å²) in [5, 5.41) is 15.7. The molecule has 3 rings (SSSR count). The summed E-state index contributed by atoms with van der Waals surface area (Å²) in [6, 6.07) is 22.0. The molecular formula is C24H22ClN3O3. The highest BCUT2D eigenvalue weighted by Crippen LogP contribution is 2.22. The lowest BCUT2D eigenvalue weighted by molar-refractivity contribution is 0.164. The predicted molar refractivity (Wildman–Crippen MR) is 124 cm³/mol. The Labute approximate surface area is 185 Å². The molecule has 31 heavy (non-hydrogen) atoms. The van der Waals surface area contributed by atoms with Crippen LogP contribution in [0.2, 0.25) is 5.02 Å². The van der Waals surface area contributed by atoms with Crippen molar-refractivity contribution in [1.82, 2.24) is 5.32 Å². The van der Waals surface area contributed by atoms with Crippen molar-refractivity contribution in [1.29, 1.82) is 0 Å². The molecule has 0 aliphatic rings. The molecule has 3 aromatic carbocycles. The quantitative estimate of drug-likeness (QED) is 0.204. The van der Waals surface area contributed by atoms with E-state index in [-0.39, 0.29) is 18.3 Å². The SMILES string of the molecule is C=CCOC(=O)N/C(=N\Cc1ccc(-c2ccc(Cl)cc2)cc1)Nc1ccc(O)cc1. The van der Waals surface area contributed by atoms with Gasteiger partial charge in [0.1, 0.15) is 12.4 Å². The molecule has 0 radical (unpaired) electrons.